The van der Waals surface area contributed by atoms with Gasteiger partial charge >= 0.3 is 12.1 Å². The molecule has 1 fully saturated rings. The summed E-state index contributed by atoms with van der Waals surface area (Å²) in [6, 6.07) is 2.88. The van der Waals surface area contributed by atoms with E-state index in [1.807, 2.05) is 0 Å². The van der Waals surface area contributed by atoms with Crippen molar-refractivity contribution in [3.8, 4) is 5.75 Å². The highest BCUT2D eigenvalue weighted by Crippen LogP contribution is 2.35. The number of carboxylic acid groups (broad SMARTS) is 1. The van der Waals surface area contributed by atoms with Crippen molar-refractivity contribution >= 4 is 29.2 Å². The van der Waals surface area contributed by atoms with Gasteiger partial charge in [0.25, 0.3) is 0 Å². The molecule has 0 aliphatic carbocycles. The van der Waals surface area contributed by atoms with Gasteiger partial charge in [0.2, 0.25) is 0 Å². The number of hydrogen-bond donors (Lipinski definition) is 4. The number of alkyl halides is 3. The van der Waals surface area contributed by atoms with Gasteiger partial charge in [-0.1, -0.05) is 23.2 Å². The molecule has 2 rings (SSSR count). The quantitative estimate of drug-likeness (QED) is 0.650. The highest BCUT2D eigenvalue weighted by molar-refractivity contribution is 6.42. The van der Waals surface area contributed by atoms with E-state index < -0.39 is 12.1 Å². The maximum absolute atomic E-state index is 10.6. The summed E-state index contributed by atoms with van der Waals surface area (Å²) < 4.78 is 31.7. The van der Waals surface area contributed by atoms with Crippen LogP contribution >= 0.6 is 23.2 Å². The summed E-state index contributed by atoms with van der Waals surface area (Å²) in [7, 11) is 0. The first-order chi connectivity index (χ1) is 10.0. The second kappa shape index (κ2) is 7.36. The summed E-state index contributed by atoms with van der Waals surface area (Å²) in [6.07, 6.45) is -5.08. The van der Waals surface area contributed by atoms with E-state index in [2.05, 4.69) is 5.32 Å². The number of nitrogens with two attached hydrogens (primary N) is 1. The Bertz CT molecular complexity index is 551. The Morgan fingerprint density at radius 3 is 2.14 bits per heavy atom. The predicted octanol–water partition coefficient (Wildman–Crippen LogP) is 2.55. The van der Waals surface area contributed by atoms with Gasteiger partial charge in [0.1, 0.15) is 5.75 Å². The zero-order chi connectivity index (χ0) is 17.1. The summed E-state index contributed by atoms with van der Waals surface area (Å²) in [5, 5.41) is 20.7. The Labute approximate surface area is 133 Å². The minimum absolute atomic E-state index is 0.115. The molecule has 5 N–H and O–H groups in total. The third kappa shape index (κ3) is 4.91. The molecule has 10 heteroatoms. The second-order valence-corrected chi connectivity index (χ2v) is 5.39. The molecule has 0 radical (unpaired) electrons. The molecule has 1 atom stereocenters. The van der Waals surface area contributed by atoms with Gasteiger partial charge in [0.15, 0.2) is 0 Å². The van der Waals surface area contributed by atoms with Gasteiger partial charge in [-0.15, -0.1) is 0 Å². The van der Waals surface area contributed by atoms with E-state index in [1.165, 1.54) is 6.07 Å². The largest absolute Gasteiger partial charge is 0.508 e. The molecule has 124 valence electrons. The van der Waals surface area contributed by atoms with Crippen molar-refractivity contribution in [2.75, 3.05) is 13.1 Å². The van der Waals surface area contributed by atoms with Crippen molar-refractivity contribution in [2.45, 2.75) is 12.2 Å². The van der Waals surface area contributed by atoms with Gasteiger partial charge in [-0.2, -0.15) is 13.2 Å². The van der Waals surface area contributed by atoms with Gasteiger partial charge < -0.3 is 21.3 Å². The number of carbonyl (C=O) groups is 1. The van der Waals surface area contributed by atoms with Crippen LogP contribution in [0.25, 0.3) is 0 Å². The average molecular weight is 361 g/mol. The summed E-state index contributed by atoms with van der Waals surface area (Å²) >= 11 is 11.7. The van der Waals surface area contributed by atoms with Crippen LogP contribution < -0.4 is 11.1 Å². The van der Waals surface area contributed by atoms with Crippen molar-refractivity contribution in [1.82, 2.24) is 5.32 Å². The highest BCUT2D eigenvalue weighted by Gasteiger charge is 2.38. The van der Waals surface area contributed by atoms with Crippen molar-refractivity contribution in [2.24, 2.45) is 11.7 Å². The lowest BCUT2D eigenvalue weighted by Crippen LogP contribution is -2.47. The number of benzene rings is 1. The van der Waals surface area contributed by atoms with Crippen LogP contribution in [0.3, 0.4) is 0 Å². The zero-order valence-electron chi connectivity index (χ0n) is 11.0. The predicted molar refractivity (Wildman–Crippen MR) is 75.1 cm³/mol. The molecular formula is C12H13Cl2F3N2O3. The Kier molecular flexibility index (Phi) is 6.30. The number of hydrogen-bond acceptors (Lipinski definition) is 4. The fourth-order valence-electron chi connectivity index (χ4n) is 1.64. The zero-order valence-corrected chi connectivity index (χ0v) is 12.5. The number of rotatable bonds is 2. The second-order valence-electron chi connectivity index (χ2n) is 4.57. The minimum atomic E-state index is -5.08. The van der Waals surface area contributed by atoms with Crippen LogP contribution in [0.4, 0.5) is 13.2 Å². The molecule has 22 heavy (non-hydrogen) atoms. The van der Waals surface area contributed by atoms with Gasteiger partial charge in [0.05, 0.1) is 10.0 Å². The maximum atomic E-state index is 10.6. The number of phenolic OH excluding ortho intramolecular Hbond substituents is 1. The van der Waals surface area contributed by atoms with Crippen LogP contribution in [-0.4, -0.2) is 35.4 Å². The SMILES string of the molecule is NC(c1cc(Cl)c(Cl)cc1O)C1CNC1.O=C(O)C(F)(F)F. The summed E-state index contributed by atoms with van der Waals surface area (Å²) in [4.78, 5) is 8.90. The molecule has 1 heterocycles. The molecule has 1 unspecified atom stereocenters. The van der Waals surface area contributed by atoms with Crippen molar-refractivity contribution < 1.29 is 28.2 Å². The van der Waals surface area contributed by atoms with Crippen LogP contribution in [-0.2, 0) is 4.79 Å². The molecule has 1 aromatic carbocycles. The number of nitrogens with one attached hydrogen (secondary N) is 1. The summed E-state index contributed by atoms with van der Waals surface area (Å²) in [5.74, 6) is -2.29. The minimum Gasteiger partial charge on any atom is -0.508 e. The molecule has 0 bridgehead atoms. The standard InChI is InChI=1S/C10H12Cl2N2O.C2HF3O2/c11-7-1-6(9(15)2-8(7)12)10(13)5-3-14-4-5;3-2(4,5)1(6)7/h1-2,5,10,14-15H,3-4,13H2;(H,6,7). The van der Waals surface area contributed by atoms with Crippen molar-refractivity contribution in [1.29, 1.82) is 0 Å². The number of aromatic hydroxyl groups is 1. The molecular weight excluding hydrogens is 348 g/mol. The van der Waals surface area contributed by atoms with Crippen LogP contribution in [0.5, 0.6) is 5.75 Å². The first-order valence-electron chi connectivity index (χ1n) is 5.98. The van der Waals surface area contributed by atoms with E-state index >= 15 is 0 Å². The number of phenols is 1. The number of halogens is 5. The van der Waals surface area contributed by atoms with E-state index in [0.29, 0.717) is 21.5 Å². The fraction of sp³-hybridized carbons (Fsp3) is 0.417. The van der Waals surface area contributed by atoms with Crippen LogP contribution in [0, 0.1) is 5.92 Å². The number of carboxylic acids is 1. The molecule has 0 amide bonds. The fourth-order valence-corrected chi connectivity index (χ4v) is 1.97. The lowest BCUT2D eigenvalue weighted by molar-refractivity contribution is -0.192. The Morgan fingerprint density at radius 2 is 1.77 bits per heavy atom. The summed E-state index contributed by atoms with van der Waals surface area (Å²) in [5.41, 5.74) is 6.68. The Morgan fingerprint density at radius 1 is 1.32 bits per heavy atom. The smallest absolute Gasteiger partial charge is 0.490 e. The van der Waals surface area contributed by atoms with E-state index in [1.54, 1.807) is 6.07 Å². The van der Waals surface area contributed by atoms with Crippen molar-refractivity contribution in [3.05, 3.63) is 27.7 Å². The average Bonchev–Trinajstić information content (AvgIpc) is 2.31. The van der Waals surface area contributed by atoms with Gasteiger partial charge in [-0.25, -0.2) is 4.79 Å². The Balaban J connectivity index is 0.000000295. The van der Waals surface area contributed by atoms with E-state index in [-0.39, 0.29) is 11.8 Å². The molecule has 0 spiro atoms. The maximum Gasteiger partial charge on any atom is 0.490 e. The van der Waals surface area contributed by atoms with Crippen molar-refractivity contribution in [3.63, 3.8) is 0 Å². The lowest BCUT2D eigenvalue weighted by atomic mass is 9.89. The summed E-state index contributed by atoms with van der Waals surface area (Å²) in [6.45, 7) is 1.75. The topological polar surface area (TPSA) is 95.6 Å². The molecule has 1 aliphatic heterocycles. The van der Waals surface area contributed by atoms with E-state index in [0.717, 1.165) is 13.1 Å². The molecule has 1 aromatic rings. The van der Waals surface area contributed by atoms with Gasteiger partial charge in [0, 0.05) is 36.7 Å². The third-order valence-electron chi connectivity index (χ3n) is 2.99. The van der Waals surface area contributed by atoms with Gasteiger partial charge in [-0.05, 0) is 6.07 Å². The molecule has 5 nitrogen and oxygen atoms in total. The van der Waals surface area contributed by atoms with E-state index in [4.69, 9.17) is 38.8 Å². The van der Waals surface area contributed by atoms with Crippen LogP contribution in [0.1, 0.15) is 11.6 Å². The monoisotopic (exact) mass is 360 g/mol. The Hall–Kier alpha value is -1.22. The molecule has 0 saturated carbocycles. The molecule has 1 aliphatic rings. The third-order valence-corrected chi connectivity index (χ3v) is 3.71. The van der Waals surface area contributed by atoms with Crippen LogP contribution in [0.2, 0.25) is 10.0 Å². The van der Waals surface area contributed by atoms with Crippen LogP contribution in [0.15, 0.2) is 12.1 Å². The first-order valence-corrected chi connectivity index (χ1v) is 6.74. The normalized spacial score (nSPS) is 16.3. The lowest BCUT2D eigenvalue weighted by Gasteiger charge is -2.33. The van der Waals surface area contributed by atoms with Gasteiger partial charge in [-0.3, -0.25) is 0 Å². The number of aliphatic carboxylic acids is 1. The highest BCUT2D eigenvalue weighted by atomic mass is 35.5. The molecule has 1 saturated heterocycles. The van der Waals surface area contributed by atoms with E-state index in [9.17, 15) is 18.3 Å². The first kappa shape index (κ1) is 18.8. The molecule has 0 aromatic heterocycles.